The molecular formula is C17H19Cl2NO. The van der Waals surface area contributed by atoms with Crippen LogP contribution >= 0.6 is 23.2 Å². The van der Waals surface area contributed by atoms with Gasteiger partial charge < -0.3 is 10.1 Å². The molecule has 1 unspecified atom stereocenters. The molecule has 112 valence electrons. The minimum atomic E-state index is -0.0305. The van der Waals surface area contributed by atoms with Crippen molar-refractivity contribution in [3.05, 3.63) is 63.6 Å². The number of rotatable bonds is 6. The Hall–Kier alpha value is -1.22. The average molecular weight is 324 g/mol. The first-order valence-electron chi connectivity index (χ1n) is 6.98. The minimum absolute atomic E-state index is 0.0305. The molecule has 0 fully saturated rings. The molecule has 0 saturated carbocycles. The van der Waals surface area contributed by atoms with E-state index in [0.29, 0.717) is 5.02 Å². The molecule has 0 radical (unpaired) electrons. The van der Waals surface area contributed by atoms with Crippen molar-refractivity contribution in [3.8, 4) is 5.75 Å². The average Bonchev–Trinajstić information content (AvgIpc) is 2.50. The van der Waals surface area contributed by atoms with Gasteiger partial charge in [-0.1, -0.05) is 54.4 Å². The van der Waals surface area contributed by atoms with E-state index in [9.17, 15) is 0 Å². The highest BCUT2D eigenvalue weighted by atomic mass is 35.5. The fourth-order valence-electron chi connectivity index (χ4n) is 2.25. The molecule has 0 spiro atoms. The van der Waals surface area contributed by atoms with Crippen molar-refractivity contribution in [1.82, 2.24) is 5.32 Å². The maximum atomic E-state index is 6.42. The van der Waals surface area contributed by atoms with Crippen LogP contribution in [0.15, 0.2) is 42.5 Å². The van der Waals surface area contributed by atoms with Gasteiger partial charge in [0.25, 0.3) is 0 Å². The van der Waals surface area contributed by atoms with Crippen LogP contribution in [0.4, 0.5) is 0 Å². The highest BCUT2D eigenvalue weighted by molar-refractivity contribution is 6.32. The van der Waals surface area contributed by atoms with Crippen LogP contribution in [-0.4, -0.2) is 13.7 Å². The molecule has 2 nitrogen and oxygen atoms in total. The SMILES string of the molecule is CCCNC(c1ccccc1Cl)c1ccc(OC)cc1Cl. The molecule has 0 heterocycles. The topological polar surface area (TPSA) is 21.3 Å². The van der Waals surface area contributed by atoms with Crippen LogP contribution in [0.3, 0.4) is 0 Å². The Morgan fingerprint density at radius 2 is 1.76 bits per heavy atom. The molecule has 4 heteroatoms. The molecule has 0 amide bonds. The first-order chi connectivity index (χ1) is 10.2. The number of halogens is 2. The van der Waals surface area contributed by atoms with Gasteiger partial charge in [0.2, 0.25) is 0 Å². The largest absolute Gasteiger partial charge is 0.497 e. The Labute approximate surface area is 136 Å². The van der Waals surface area contributed by atoms with Gasteiger partial charge in [-0.15, -0.1) is 0 Å². The van der Waals surface area contributed by atoms with Crippen molar-refractivity contribution < 1.29 is 4.74 Å². The Kier molecular flexibility index (Phi) is 5.92. The lowest BCUT2D eigenvalue weighted by molar-refractivity contribution is 0.414. The summed E-state index contributed by atoms with van der Waals surface area (Å²) in [6, 6.07) is 13.5. The first kappa shape index (κ1) is 16.2. The molecule has 1 atom stereocenters. The van der Waals surface area contributed by atoms with Crippen molar-refractivity contribution in [3.63, 3.8) is 0 Å². The Morgan fingerprint density at radius 3 is 2.38 bits per heavy atom. The zero-order valence-electron chi connectivity index (χ0n) is 12.2. The summed E-state index contributed by atoms with van der Waals surface area (Å²) in [7, 11) is 1.63. The maximum Gasteiger partial charge on any atom is 0.120 e. The van der Waals surface area contributed by atoms with E-state index in [1.807, 2.05) is 42.5 Å². The molecule has 2 aromatic rings. The van der Waals surface area contributed by atoms with Gasteiger partial charge in [-0.3, -0.25) is 0 Å². The highest BCUT2D eigenvalue weighted by Crippen LogP contribution is 2.34. The summed E-state index contributed by atoms with van der Waals surface area (Å²) in [4.78, 5) is 0. The number of benzene rings is 2. The van der Waals surface area contributed by atoms with E-state index in [0.717, 1.165) is 34.9 Å². The molecule has 0 saturated heterocycles. The summed E-state index contributed by atoms with van der Waals surface area (Å²) < 4.78 is 5.21. The van der Waals surface area contributed by atoms with E-state index in [1.54, 1.807) is 7.11 Å². The van der Waals surface area contributed by atoms with E-state index in [2.05, 4.69) is 12.2 Å². The second-order valence-corrected chi connectivity index (χ2v) is 5.61. The lowest BCUT2D eigenvalue weighted by atomic mass is 9.98. The molecule has 0 bridgehead atoms. The van der Waals surface area contributed by atoms with Gasteiger partial charge in [0, 0.05) is 10.0 Å². The lowest BCUT2D eigenvalue weighted by Crippen LogP contribution is -2.23. The molecule has 1 N–H and O–H groups in total. The molecule has 0 aliphatic carbocycles. The van der Waals surface area contributed by atoms with Crippen LogP contribution in [0.5, 0.6) is 5.75 Å². The van der Waals surface area contributed by atoms with Crippen LogP contribution in [0.25, 0.3) is 0 Å². The standard InChI is InChI=1S/C17H19Cl2NO/c1-3-10-20-17(13-6-4-5-7-15(13)18)14-9-8-12(21-2)11-16(14)19/h4-9,11,17,20H,3,10H2,1-2H3. The zero-order valence-corrected chi connectivity index (χ0v) is 13.7. The van der Waals surface area contributed by atoms with Crippen molar-refractivity contribution >= 4 is 23.2 Å². The predicted molar refractivity (Wildman–Crippen MR) is 89.6 cm³/mol. The summed E-state index contributed by atoms with van der Waals surface area (Å²) in [6.45, 7) is 3.02. The smallest absolute Gasteiger partial charge is 0.120 e. The number of ether oxygens (including phenoxy) is 1. The van der Waals surface area contributed by atoms with Gasteiger partial charge in [0.1, 0.15) is 5.75 Å². The van der Waals surface area contributed by atoms with Gasteiger partial charge in [-0.05, 0) is 42.3 Å². The number of hydrogen-bond acceptors (Lipinski definition) is 2. The van der Waals surface area contributed by atoms with Gasteiger partial charge >= 0.3 is 0 Å². The monoisotopic (exact) mass is 323 g/mol. The van der Waals surface area contributed by atoms with Crippen LogP contribution in [0, 0.1) is 0 Å². The molecular weight excluding hydrogens is 305 g/mol. The fraction of sp³-hybridized carbons (Fsp3) is 0.294. The second-order valence-electron chi connectivity index (χ2n) is 4.80. The van der Waals surface area contributed by atoms with Crippen LogP contribution in [0.2, 0.25) is 10.0 Å². The molecule has 0 aliphatic heterocycles. The van der Waals surface area contributed by atoms with Gasteiger partial charge in [0.05, 0.1) is 13.2 Å². The third kappa shape index (κ3) is 3.91. The number of methoxy groups -OCH3 is 1. The minimum Gasteiger partial charge on any atom is -0.497 e. The zero-order chi connectivity index (χ0) is 15.2. The molecule has 0 aromatic heterocycles. The molecule has 2 rings (SSSR count). The normalized spacial score (nSPS) is 12.2. The van der Waals surface area contributed by atoms with Gasteiger partial charge in [0.15, 0.2) is 0 Å². The number of nitrogens with one attached hydrogen (secondary N) is 1. The summed E-state index contributed by atoms with van der Waals surface area (Å²) in [5, 5.41) is 4.92. The van der Waals surface area contributed by atoms with Crippen LogP contribution < -0.4 is 10.1 Å². The quantitative estimate of drug-likeness (QED) is 0.799. The van der Waals surface area contributed by atoms with E-state index < -0.39 is 0 Å². The highest BCUT2D eigenvalue weighted by Gasteiger charge is 2.19. The van der Waals surface area contributed by atoms with Gasteiger partial charge in [-0.25, -0.2) is 0 Å². The summed E-state index contributed by atoms with van der Waals surface area (Å²) >= 11 is 12.8. The summed E-state index contributed by atoms with van der Waals surface area (Å²) in [5.41, 5.74) is 2.03. The third-order valence-electron chi connectivity index (χ3n) is 3.33. The third-order valence-corrected chi connectivity index (χ3v) is 4.00. The Bertz CT molecular complexity index is 601. The number of hydrogen-bond donors (Lipinski definition) is 1. The summed E-state index contributed by atoms with van der Waals surface area (Å²) in [5.74, 6) is 0.747. The summed E-state index contributed by atoms with van der Waals surface area (Å²) in [6.07, 6.45) is 1.04. The van der Waals surface area contributed by atoms with Crippen molar-refractivity contribution in [2.45, 2.75) is 19.4 Å². The Morgan fingerprint density at radius 1 is 1.05 bits per heavy atom. The maximum absolute atomic E-state index is 6.42. The van der Waals surface area contributed by atoms with Crippen LogP contribution in [-0.2, 0) is 0 Å². The molecule has 21 heavy (non-hydrogen) atoms. The molecule has 2 aromatic carbocycles. The lowest BCUT2D eigenvalue weighted by Gasteiger charge is -2.22. The fourth-order valence-corrected chi connectivity index (χ4v) is 2.78. The van der Waals surface area contributed by atoms with E-state index in [-0.39, 0.29) is 6.04 Å². The molecule has 0 aliphatic rings. The van der Waals surface area contributed by atoms with E-state index >= 15 is 0 Å². The second kappa shape index (κ2) is 7.69. The van der Waals surface area contributed by atoms with E-state index in [1.165, 1.54) is 0 Å². The predicted octanol–water partition coefficient (Wildman–Crippen LogP) is 5.09. The van der Waals surface area contributed by atoms with Crippen molar-refractivity contribution in [2.24, 2.45) is 0 Å². The van der Waals surface area contributed by atoms with Crippen LogP contribution in [0.1, 0.15) is 30.5 Å². The van der Waals surface area contributed by atoms with E-state index in [4.69, 9.17) is 27.9 Å². The van der Waals surface area contributed by atoms with Gasteiger partial charge in [-0.2, -0.15) is 0 Å². The Balaban J connectivity index is 2.43. The van der Waals surface area contributed by atoms with Crippen molar-refractivity contribution in [2.75, 3.05) is 13.7 Å². The van der Waals surface area contributed by atoms with Crippen molar-refractivity contribution in [1.29, 1.82) is 0 Å². The first-order valence-corrected chi connectivity index (χ1v) is 7.74.